The summed E-state index contributed by atoms with van der Waals surface area (Å²) in [4.78, 5) is 4.84. The molecule has 0 saturated carbocycles. The summed E-state index contributed by atoms with van der Waals surface area (Å²) in [5, 5.41) is 9.86. The van der Waals surface area contributed by atoms with Crippen molar-refractivity contribution in [2.75, 3.05) is 13.2 Å². The largest absolute Gasteiger partial charge is 0.394 e. The van der Waals surface area contributed by atoms with Gasteiger partial charge in [0.2, 0.25) is 0 Å². The predicted molar refractivity (Wildman–Crippen MR) is 37.8 cm³/mol. The molecule has 0 N–H and O–H groups in total. The molecule has 2 aliphatic heterocycles. The van der Waals surface area contributed by atoms with Crippen LogP contribution in [0, 0.1) is 0 Å². The molecule has 2 aliphatic rings. The number of oxime groups is 1. The second-order valence-electron chi connectivity index (χ2n) is 2.30. The number of rotatable bonds is 0. The summed E-state index contributed by atoms with van der Waals surface area (Å²) in [5.74, 6) is 0.966. The monoisotopic (exact) mass is 139 g/mol. The van der Waals surface area contributed by atoms with Crippen LogP contribution in [0.5, 0.6) is 0 Å². The maximum Gasteiger partial charge on any atom is 0.168 e. The normalized spacial score (nSPS) is 23.2. The van der Waals surface area contributed by atoms with Crippen molar-refractivity contribution in [2.45, 2.75) is 12.8 Å². The highest BCUT2D eigenvalue weighted by Gasteiger charge is 2.17. The molecule has 0 aromatic rings. The molecule has 4 nitrogen and oxygen atoms in total. The highest BCUT2D eigenvalue weighted by Crippen LogP contribution is 2.09. The van der Waals surface area contributed by atoms with Crippen molar-refractivity contribution in [2.24, 2.45) is 10.3 Å². The summed E-state index contributed by atoms with van der Waals surface area (Å²) in [5.41, 5.74) is 0. The van der Waals surface area contributed by atoms with E-state index in [1.807, 2.05) is 11.2 Å². The zero-order valence-electron chi connectivity index (χ0n) is 5.66. The quantitative estimate of drug-likeness (QED) is 0.487. The molecule has 2 rings (SSSR count). The fourth-order valence-corrected chi connectivity index (χ4v) is 1.07. The summed E-state index contributed by atoms with van der Waals surface area (Å²) in [6, 6.07) is 0. The summed E-state index contributed by atoms with van der Waals surface area (Å²) in [6.07, 6.45) is 3.83. The van der Waals surface area contributed by atoms with Crippen LogP contribution < -0.4 is 0 Å². The molecule has 0 fully saturated rings. The van der Waals surface area contributed by atoms with Gasteiger partial charge in [-0.15, -0.1) is 0 Å². The van der Waals surface area contributed by atoms with E-state index in [1.54, 1.807) is 0 Å². The molecule has 0 atom stereocenters. The van der Waals surface area contributed by atoms with Gasteiger partial charge < -0.3 is 4.84 Å². The number of hydrogen-bond acceptors (Lipinski definition) is 4. The molecule has 2 heterocycles. The molecule has 0 bridgehead atoms. The molecule has 10 heavy (non-hydrogen) atoms. The van der Waals surface area contributed by atoms with Crippen LogP contribution in [0.25, 0.3) is 0 Å². The van der Waals surface area contributed by atoms with Gasteiger partial charge in [0.15, 0.2) is 5.84 Å². The number of hydrazone groups is 1. The summed E-state index contributed by atoms with van der Waals surface area (Å²) in [6.45, 7) is 1.67. The molecular formula is C6H9N3O. The average molecular weight is 139 g/mol. The van der Waals surface area contributed by atoms with Crippen molar-refractivity contribution in [1.82, 2.24) is 5.01 Å². The van der Waals surface area contributed by atoms with E-state index in [0.29, 0.717) is 6.61 Å². The Balaban J connectivity index is 2.04. The van der Waals surface area contributed by atoms with Crippen LogP contribution >= 0.6 is 0 Å². The lowest BCUT2D eigenvalue weighted by Gasteiger charge is -2.09. The minimum atomic E-state index is 0.710. The minimum Gasteiger partial charge on any atom is -0.394 e. The Bertz CT molecular complexity index is 187. The highest BCUT2D eigenvalue weighted by molar-refractivity contribution is 5.84. The van der Waals surface area contributed by atoms with Crippen LogP contribution in [-0.2, 0) is 4.84 Å². The Morgan fingerprint density at radius 1 is 1.60 bits per heavy atom. The van der Waals surface area contributed by atoms with Crippen molar-refractivity contribution < 1.29 is 4.84 Å². The van der Waals surface area contributed by atoms with E-state index in [1.165, 1.54) is 0 Å². The van der Waals surface area contributed by atoms with Gasteiger partial charge in [-0.3, -0.25) is 0 Å². The third-order valence-electron chi connectivity index (χ3n) is 1.58. The fraction of sp³-hybridized carbons (Fsp3) is 0.667. The van der Waals surface area contributed by atoms with Gasteiger partial charge in [0, 0.05) is 25.6 Å². The predicted octanol–water partition coefficient (Wildman–Crippen LogP) is 0.412. The standard InChI is InChI=1S/C6H9N3O/c1-3-7-9(4-1)6-2-5-10-8-6/h3H,1-2,4-5H2. The molecule has 0 aliphatic carbocycles. The van der Waals surface area contributed by atoms with Gasteiger partial charge in [-0.2, -0.15) is 5.10 Å². The van der Waals surface area contributed by atoms with Crippen molar-refractivity contribution in [1.29, 1.82) is 0 Å². The molecule has 54 valence electrons. The second-order valence-corrected chi connectivity index (χ2v) is 2.30. The van der Waals surface area contributed by atoms with E-state index >= 15 is 0 Å². The second kappa shape index (κ2) is 2.28. The van der Waals surface area contributed by atoms with E-state index in [9.17, 15) is 0 Å². The first-order chi connectivity index (χ1) is 4.97. The van der Waals surface area contributed by atoms with Crippen LogP contribution in [-0.4, -0.2) is 30.2 Å². The average Bonchev–Trinajstić information content (AvgIpc) is 2.59. The first-order valence-corrected chi connectivity index (χ1v) is 3.45. The van der Waals surface area contributed by atoms with Gasteiger partial charge in [0.1, 0.15) is 6.61 Å². The smallest absolute Gasteiger partial charge is 0.168 e. The zero-order valence-corrected chi connectivity index (χ0v) is 5.66. The first-order valence-electron chi connectivity index (χ1n) is 3.45. The molecule has 4 heteroatoms. The van der Waals surface area contributed by atoms with Crippen LogP contribution in [0.1, 0.15) is 12.8 Å². The van der Waals surface area contributed by atoms with E-state index < -0.39 is 0 Å². The third-order valence-corrected chi connectivity index (χ3v) is 1.58. The van der Waals surface area contributed by atoms with Gasteiger partial charge in [0.05, 0.1) is 0 Å². The summed E-state index contributed by atoms with van der Waals surface area (Å²) in [7, 11) is 0. The Morgan fingerprint density at radius 2 is 2.60 bits per heavy atom. The van der Waals surface area contributed by atoms with E-state index in [4.69, 9.17) is 4.84 Å². The van der Waals surface area contributed by atoms with Gasteiger partial charge in [-0.1, -0.05) is 5.16 Å². The molecule has 0 saturated heterocycles. The van der Waals surface area contributed by atoms with Crippen LogP contribution in [0.4, 0.5) is 0 Å². The Morgan fingerprint density at radius 3 is 3.20 bits per heavy atom. The van der Waals surface area contributed by atoms with Crippen LogP contribution in [0.2, 0.25) is 0 Å². The van der Waals surface area contributed by atoms with Crippen molar-refractivity contribution >= 4 is 12.1 Å². The maximum atomic E-state index is 4.84. The number of nitrogens with zero attached hydrogens (tertiary/aromatic N) is 3. The Labute approximate surface area is 59.1 Å². The minimum absolute atomic E-state index is 0.710. The zero-order chi connectivity index (χ0) is 6.81. The summed E-state index contributed by atoms with van der Waals surface area (Å²) < 4.78 is 0. The van der Waals surface area contributed by atoms with E-state index in [0.717, 1.165) is 25.2 Å². The summed E-state index contributed by atoms with van der Waals surface area (Å²) >= 11 is 0. The Kier molecular flexibility index (Phi) is 1.30. The van der Waals surface area contributed by atoms with Crippen LogP contribution in [0.3, 0.4) is 0 Å². The lowest BCUT2D eigenvalue weighted by Crippen LogP contribution is -2.21. The van der Waals surface area contributed by atoms with Gasteiger partial charge in [-0.25, -0.2) is 5.01 Å². The third kappa shape index (κ3) is 0.853. The number of amidine groups is 1. The van der Waals surface area contributed by atoms with E-state index in [2.05, 4.69) is 10.3 Å². The molecule has 0 unspecified atom stereocenters. The molecule has 0 aromatic heterocycles. The lowest BCUT2D eigenvalue weighted by atomic mass is 10.4. The van der Waals surface area contributed by atoms with Crippen molar-refractivity contribution in [3.8, 4) is 0 Å². The molecule has 0 radical (unpaired) electrons. The van der Waals surface area contributed by atoms with Gasteiger partial charge in [0.25, 0.3) is 0 Å². The molecule has 0 amide bonds. The molecule has 0 spiro atoms. The molecule has 0 aromatic carbocycles. The molecular weight excluding hydrogens is 130 g/mol. The SMILES string of the molecule is C1=NN(C2=NOCC2)CC1. The van der Waals surface area contributed by atoms with Gasteiger partial charge >= 0.3 is 0 Å². The van der Waals surface area contributed by atoms with Crippen LogP contribution in [0.15, 0.2) is 10.3 Å². The van der Waals surface area contributed by atoms with Crippen molar-refractivity contribution in [3.05, 3.63) is 0 Å². The van der Waals surface area contributed by atoms with Crippen molar-refractivity contribution in [3.63, 3.8) is 0 Å². The first kappa shape index (κ1) is 5.70. The lowest BCUT2D eigenvalue weighted by molar-refractivity contribution is 0.173. The topological polar surface area (TPSA) is 37.2 Å². The number of hydrogen-bond donors (Lipinski definition) is 0. The highest BCUT2D eigenvalue weighted by atomic mass is 16.6. The van der Waals surface area contributed by atoms with Gasteiger partial charge in [-0.05, 0) is 0 Å². The maximum absolute atomic E-state index is 4.84. The fourth-order valence-electron chi connectivity index (χ4n) is 1.07. The Hall–Kier alpha value is -1.06. The van der Waals surface area contributed by atoms with E-state index in [-0.39, 0.29) is 0 Å².